The minimum absolute atomic E-state index is 0.307. The number of nitrogens with two attached hydrogens (primary N) is 2. The largest absolute Gasteiger partial charge is 0.377 e. The van der Waals surface area contributed by atoms with Crippen LogP contribution >= 0.6 is 11.6 Å². The maximum atomic E-state index is 15.6. The number of rotatable bonds is 6. The molecule has 0 amide bonds. The highest BCUT2D eigenvalue weighted by Gasteiger charge is 2.58. The Morgan fingerprint density at radius 1 is 1.06 bits per heavy atom. The minimum Gasteiger partial charge on any atom is -0.377 e. The Bertz CT molecular complexity index is 1240. The Morgan fingerprint density at radius 3 is 2.29 bits per heavy atom. The van der Waals surface area contributed by atoms with Gasteiger partial charge in [0.1, 0.15) is 23.7 Å². The van der Waals surface area contributed by atoms with Gasteiger partial charge in [0.15, 0.2) is 5.60 Å². The standard InChI is InChI=1S/C23H18ClF4N5O/c24-17-6-3-15(4-7-17)1-2-16-5-10-21(31-12-16)23(27,28)22(34,13-33(30)14-32-29)19-9-8-18(25)11-20(19)26/h3-12,14,34H,13,29-30H2/b32-14-. The number of alkyl halides is 2. The molecule has 34 heavy (non-hydrogen) atoms. The monoisotopic (exact) mass is 491 g/mol. The molecular weight excluding hydrogens is 474 g/mol. The van der Waals surface area contributed by atoms with Crippen molar-refractivity contribution in [2.24, 2.45) is 16.8 Å². The summed E-state index contributed by atoms with van der Waals surface area (Å²) in [5.74, 6) is 9.54. The molecule has 1 aromatic heterocycles. The summed E-state index contributed by atoms with van der Waals surface area (Å²) in [5.41, 5.74) is -4.11. The first-order valence-electron chi connectivity index (χ1n) is 9.61. The summed E-state index contributed by atoms with van der Waals surface area (Å²) in [4.78, 5) is 3.72. The van der Waals surface area contributed by atoms with E-state index in [9.17, 15) is 13.9 Å². The van der Waals surface area contributed by atoms with Crippen LogP contribution < -0.4 is 11.7 Å². The first kappa shape index (κ1) is 25.0. The molecule has 1 atom stereocenters. The molecule has 0 aliphatic rings. The zero-order valence-electron chi connectivity index (χ0n) is 17.4. The maximum Gasteiger partial charge on any atom is 0.323 e. The third kappa shape index (κ3) is 5.28. The van der Waals surface area contributed by atoms with Gasteiger partial charge in [-0.15, -0.1) is 0 Å². The molecule has 1 heterocycles. The lowest BCUT2D eigenvalue weighted by Crippen LogP contribution is -2.53. The van der Waals surface area contributed by atoms with Gasteiger partial charge in [0.2, 0.25) is 0 Å². The van der Waals surface area contributed by atoms with Crippen LogP contribution in [0, 0.1) is 23.5 Å². The van der Waals surface area contributed by atoms with Gasteiger partial charge in [0.25, 0.3) is 0 Å². The molecule has 1 unspecified atom stereocenters. The number of benzene rings is 2. The van der Waals surface area contributed by atoms with Gasteiger partial charge in [-0.25, -0.2) is 14.6 Å². The van der Waals surface area contributed by atoms with Gasteiger partial charge >= 0.3 is 5.92 Å². The Hall–Kier alpha value is -3.65. The SMILES string of the molecule is N/N=C\N(N)CC(O)(c1ccc(F)cc1F)C(F)(F)c1ccc(C#Cc2ccc(Cl)cc2)cn1. The van der Waals surface area contributed by atoms with Crippen LogP contribution in [-0.2, 0) is 11.5 Å². The number of hydrazine groups is 1. The number of halogens is 5. The van der Waals surface area contributed by atoms with Crippen molar-refractivity contribution < 1.29 is 22.7 Å². The Kier molecular flexibility index (Phi) is 7.41. The molecule has 3 aromatic rings. The number of hydrogen-bond donors (Lipinski definition) is 3. The van der Waals surface area contributed by atoms with Crippen molar-refractivity contribution in [3.05, 3.63) is 99.8 Å². The number of aromatic nitrogens is 1. The molecule has 2 aromatic carbocycles. The van der Waals surface area contributed by atoms with Crippen LogP contribution in [0.15, 0.2) is 65.9 Å². The van der Waals surface area contributed by atoms with Crippen molar-refractivity contribution in [2.75, 3.05) is 6.54 Å². The molecule has 0 aliphatic carbocycles. The van der Waals surface area contributed by atoms with E-state index in [1.807, 2.05) is 0 Å². The van der Waals surface area contributed by atoms with E-state index in [0.717, 1.165) is 24.7 Å². The summed E-state index contributed by atoms with van der Waals surface area (Å²) >= 11 is 5.82. The summed E-state index contributed by atoms with van der Waals surface area (Å²) in [6.07, 6.45) is 1.83. The first-order chi connectivity index (χ1) is 16.1. The van der Waals surface area contributed by atoms with Crippen LogP contribution in [0.1, 0.15) is 22.4 Å². The number of hydrazone groups is 1. The highest BCUT2D eigenvalue weighted by molar-refractivity contribution is 6.30. The molecule has 6 nitrogen and oxygen atoms in total. The van der Waals surface area contributed by atoms with Gasteiger partial charge in [0, 0.05) is 34.0 Å². The van der Waals surface area contributed by atoms with E-state index >= 15 is 8.78 Å². The van der Waals surface area contributed by atoms with Gasteiger partial charge < -0.3 is 10.9 Å². The topological polar surface area (TPSA) is 101 Å². The van der Waals surface area contributed by atoms with Gasteiger partial charge in [-0.2, -0.15) is 13.9 Å². The quantitative estimate of drug-likeness (QED) is 0.122. The number of aliphatic hydroxyl groups is 1. The summed E-state index contributed by atoms with van der Waals surface area (Å²) in [5, 5.41) is 15.2. The molecular formula is C23H18ClF4N5O. The summed E-state index contributed by atoms with van der Waals surface area (Å²) in [6.45, 7) is -1.05. The van der Waals surface area contributed by atoms with Crippen molar-refractivity contribution in [3.8, 4) is 11.8 Å². The van der Waals surface area contributed by atoms with E-state index in [-0.39, 0.29) is 0 Å². The van der Waals surface area contributed by atoms with E-state index in [1.54, 1.807) is 24.3 Å². The Labute approximate surface area is 197 Å². The van der Waals surface area contributed by atoms with Crippen molar-refractivity contribution in [1.29, 1.82) is 0 Å². The number of pyridine rings is 1. The average molecular weight is 492 g/mol. The molecule has 5 N–H and O–H groups in total. The highest BCUT2D eigenvalue weighted by atomic mass is 35.5. The molecule has 3 rings (SSSR count). The fourth-order valence-electron chi connectivity index (χ4n) is 3.11. The third-order valence-corrected chi connectivity index (χ3v) is 5.06. The fraction of sp³-hybridized carbons (Fsp3) is 0.130. The highest BCUT2D eigenvalue weighted by Crippen LogP contribution is 2.45. The van der Waals surface area contributed by atoms with Crippen molar-refractivity contribution in [1.82, 2.24) is 9.99 Å². The third-order valence-electron chi connectivity index (χ3n) is 4.80. The zero-order chi connectivity index (χ0) is 24.9. The number of nitrogens with zero attached hydrogens (tertiary/aromatic N) is 3. The fourth-order valence-corrected chi connectivity index (χ4v) is 3.24. The second-order valence-corrected chi connectivity index (χ2v) is 7.62. The molecule has 176 valence electrons. The van der Waals surface area contributed by atoms with Crippen LogP contribution in [0.2, 0.25) is 5.02 Å². The van der Waals surface area contributed by atoms with Gasteiger partial charge in [-0.1, -0.05) is 23.4 Å². The van der Waals surface area contributed by atoms with E-state index in [4.69, 9.17) is 23.3 Å². The molecule has 0 saturated heterocycles. The Morgan fingerprint density at radius 2 is 1.71 bits per heavy atom. The smallest absolute Gasteiger partial charge is 0.323 e. The number of hydrogen-bond acceptors (Lipinski definition) is 5. The van der Waals surface area contributed by atoms with E-state index in [2.05, 4.69) is 21.9 Å². The predicted molar refractivity (Wildman–Crippen MR) is 119 cm³/mol. The molecule has 0 spiro atoms. The summed E-state index contributed by atoms with van der Waals surface area (Å²) < 4.78 is 59.1. The molecule has 0 bridgehead atoms. The van der Waals surface area contributed by atoms with Crippen LogP contribution in [0.3, 0.4) is 0 Å². The van der Waals surface area contributed by atoms with Crippen molar-refractivity contribution in [2.45, 2.75) is 11.5 Å². The Balaban J connectivity index is 1.99. The van der Waals surface area contributed by atoms with Gasteiger partial charge in [0.05, 0.1) is 6.54 Å². The molecule has 0 radical (unpaired) electrons. The van der Waals surface area contributed by atoms with Gasteiger partial charge in [-0.05, 0) is 48.5 Å². The van der Waals surface area contributed by atoms with E-state index < -0.39 is 41.0 Å². The molecule has 0 aliphatic heterocycles. The van der Waals surface area contributed by atoms with Crippen molar-refractivity contribution in [3.63, 3.8) is 0 Å². The van der Waals surface area contributed by atoms with Crippen LogP contribution in [0.4, 0.5) is 17.6 Å². The van der Waals surface area contributed by atoms with E-state index in [1.165, 1.54) is 6.07 Å². The average Bonchev–Trinajstić information content (AvgIpc) is 2.79. The van der Waals surface area contributed by atoms with Crippen LogP contribution in [-0.4, -0.2) is 28.0 Å². The normalized spacial score (nSPS) is 13.3. The lowest BCUT2D eigenvalue weighted by Gasteiger charge is -2.37. The zero-order valence-corrected chi connectivity index (χ0v) is 18.1. The first-order valence-corrected chi connectivity index (χ1v) is 9.99. The second kappa shape index (κ2) is 10.1. The van der Waals surface area contributed by atoms with Crippen LogP contribution in [0.25, 0.3) is 0 Å². The van der Waals surface area contributed by atoms with E-state index in [0.29, 0.717) is 33.3 Å². The van der Waals surface area contributed by atoms with Gasteiger partial charge in [-0.3, -0.25) is 9.99 Å². The predicted octanol–water partition coefficient (Wildman–Crippen LogP) is 3.47. The lowest BCUT2D eigenvalue weighted by atomic mass is 9.84. The summed E-state index contributed by atoms with van der Waals surface area (Å²) in [7, 11) is 0. The molecule has 0 saturated carbocycles. The molecule has 0 fully saturated rings. The summed E-state index contributed by atoms with van der Waals surface area (Å²) in [6, 6.07) is 10.7. The maximum absolute atomic E-state index is 15.6. The molecule has 11 heteroatoms. The lowest BCUT2D eigenvalue weighted by molar-refractivity contribution is -0.203. The van der Waals surface area contributed by atoms with Crippen molar-refractivity contribution >= 4 is 17.9 Å². The van der Waals surface area contributed by atoms with Crippen LogP contribution in [0.5, 0.6) is 0 Å². The second-order valence-electron chi connectivity index (χ2n) is 7.18. The minimum atomic E-state index is -4.19.